The zero-order valence-corrected chi connectivity index (χ0v) is 17.2. The maximum Gasteiger partial charge on any atom is 0.243 e. The van der Waals surface area contributed by atoms with Crippen LogP contribution in [0.1, 0.15) is 44.6 Å². The van der Waals surface area contributed by atoms with E-state index in [4.69, 9.17) is 0 Å². The van der Waals surface area contributed by atoms with Gasteiger partial charge < -0.3 is 4.90 Å². The average molecular weight is 394 g/mol. The third-order valence-electron chi connectivity index (χ3n) is 5.58. The molecule has 2 heterocycles. The zero-order chi connectivity index (χ0) is 19.4. The molecule has 0 N–H and O–H groups in total. The molecule has 0 aromatic heterocycles. The maximum atomic E-state index is 12.9. The Morgan fingerprint density at radius 2 is 1.52 bits per heavy atom. The number of hydrogen-bond acceptors (Lipinski definition) is 4. The number of carbonyl (C=O) groups is 1. The van der Waals surface area contributed by atoms with E-state index >= 15 is 0 Å². The lowest BCUT2D eigenvalue weighted by Gasteiger charge is -2.35. The molecule has 1 aromatic carbocycles. The van der Waals surface area contributed by atoms with E-state index in [1.807, 2.05) is 17.0 Å². The number of benzene rings is 1. The molecule has 0 unspecified atom stereocenters. The first-order valence-electron chi connectivity index (χ1n) is 9.98. The lowest BCUT2D eigenvalue weighted by Crippen LogP contribution is -2.51. The standard InChI is InChI=1S/C20H31N3O3S/c1-17(2)18-6-8-19(9-7-18)27(25,26)23-14-12-21(13-15-23)16-20(24)22-10-4-3-5-11-22/h6-9,17H,3-5,10-16H2,1-2H3. The van der Waals surface area contributed by atoms with Crippen molar-refractivity contribution in [3.05, 3.63) is 29.8 Å². The Bertz CT molecular complexity index is 732. The highest BCUT2D eigenvalue weighted by atomic mass is 32.2. The number of amides is 1. The summed E-state index contributed by atoms with van der Waals surface area (Å²) in [6.45, 7) is 8.37. The largest absolute Gasteiger partial charge is 0.342 e. The summed E-state index contributed by atoms with van der Waals surface area (Å²) in [7, 11) is -3.47. The SMILES string of the molecule is CC(C)c1ccc(S(=O)(=O)N2CCN(CC(=O)N3CCCCC3)CC2)cc1. The van der Waals surface area contributed by atoms with Crippen LogP contribution in [-0.4, -0.2) is 74.2 Å². The van der Waals surface area contributed by atoms with Crippen LogP contribution in [0.3, 0.4) is 0 Å². The molecule has 6 nitrogen and oxygen atoms in total. The molecule has 3 rings (SSSR count). The Morgan fingerprint density at radius 1 is 0.926 bits per heavy atom. The lowest BCUT2D eigenvalue weighted by atomic mass is 10.0. The van der Waals surface area contributed by atoms with Crippen LogP contribution in [0.15, 0.2) is 29.2 Å². The molecule has 1 aromatic rings. The van der Waals surface area contributed by atoms with Crippen molar-refractivity contribution >= 4 is 15.9 Å². The Balaban J connectivity index is 1.55. The molecule has 2 aliphatic heterocycles. The van der Waals surface area contributed by atoms with E-state index in [2.05, 4.69) is 18.7 Å². The van der Waals surface area contributed by atoms with E-state index in [0.29, 0.717) is 43.5 Å². The fourth-order valence-electron chi connectivity index (χ4n) is 3.74. The third-order valence-corrected chi connectivity index (χ3v) is 7.50. The molecule has 2 fully saturated rings. The number of sulfonamides is 1. The fraction of sp³-hybridized carbons (Fsp3) is 0.650. The topological polar surface area (TPSA) is 60.9 Å². The predicted octanol–water partition coefficient (Wildman–Crippen LogP) is 2.13. The first-order valence-corrected chi connectivity index (χ1v) is 11.4. The number of piperazine rings is 1. The zero-order valence-electron chi connectivity index (χ0n) is 16.4. The number of rotatable bonds is 5. The quantitative estimate of drug-likeness (QED) is 0.769. The van der Waals surface area contributed by atoms with Crippen LogP contribution < -0.4 is 0 Å². The van der Waals surface area contributed by atoms with Crippen LogP contribution in [0.5, 0.6) is 0 Å². The Morgan fingerprint density at radius 3 is 2.07 bits per heavy atom. The first kappa shape index (κ1) is 20.3. The highest BCUT2D eigenvalue weighted by Gasteiger charge is 2.29. The summed E-state index contributed by atoms with van der Waals surface area (Å²) in [5, 5.41) is 0. The lowest BCUT2D eigenvalue weighted by molar-refractivity contribution is -0.133. The maximum absolute atomic E-state index is 12.9. The van der Waals surface area contributed by atoms with Gasteiger partial charge in [0, 0.05) is 39.3 Å². The molecule has 2 saturated heterocycles. The fourth-order valence-corrected chi connectivity index (χ4v) is 5.16. The van der Waals surface area contributed by atoms with E-state index in [0.717, 1.165) is 31.5 Å². The summed E-state index contributed by atoms with van der Waals surface area (Å²) < 4.78 is 27.3. The van der Waals surface area contributed by atoms with Crippen molar-refractivity contribution in [1.29, 1.82) is 0 Å². The summed E-state index contributed by atoms with van der Waals surface area (Å²) in [5.74, 6) is 0.554. The molecule has 27 heavy (non-hydrogen) atoms. The van der Waals surface area contributed by atoms with Gasteiger partial charge in [-0.25, -0.2) is 8.42 Å². The van der Waals surface area contributed by atoms with Crippen LogP contribution >= 0.6 is 0 Å². The average Bonchev–Trinajstić information content (AvgIpc) is 2.69. The van der Waals surface area contributed by atoms with Crippen LogP contribution in [0.25, 0.3) is 0 Å². The van der Waals surface area contributed by atoms with E-state index < -0.39 is 10.0 Å². The molecule has 0 radical (unpaired) electrons. The van der Waals surface area contributed by atoms with Crippen LogP contribution in [0.2, 0.25) is 0 Å². The second-order valence-corrected chi connectivity index (χ2v) is 9.78. The van der Waals surface area contributed by atoms with Gasteiger partial charge in [-0.1, -0.05) is 26.0 Å². The third kappa shape index (κ3) is 4.89. The molecule has 7 heteroatoms. The summed E-state index contributed by atoms with van der Waals surface area (Å²) in [4.78, 5) is 16.8. The van der Waals surface area contributed by atoms with Gasteiger partial charge >= 0.3 is 0 Å². The highest BCUT2D eigenvalue weighted by molar-refractivity contribution is 7.89. The van der Waals surface area contributed by atoms with Gasteiger partial charge in [-0.2, -0.15) is 4.31 Å². The minimum atomic E-state index is -3.47. The van der Waals surface area contributed by atoms with E-state index in [1.54, 1.807) is 16.4 Å². The second-order valence-electron chi connectivity index (χ2n) is 7.85. The van der Waals surface area contributed by atoms with Gasteiger partial charge in [0.25, 0.3) is 0 Å². The Hall–Kier alpha value is -1.44. The van der Waals surface area contributed by atoms with Crippen LogP contribution in [0, 0.1) is 0 Å². The number of likely N-dealkylation sites (tertiary alicyclic amines) is 1. The van der Waals surface area contributed by atoms with Crippen molar-refractivity contribution in [1.82, 2.24) is 14.1 Å². The molecule has 0 spiro atoms. The number of carbonyl (C=O) groups excluding carboxylic acids is 1. The smallest absolute Gasteiger partial charge is 0.243 e. The Labute approximate surface area is 163 Å². The van der Waals surface area contributed by atoms with Crippen molar-refractivity contribution in [3.8, 4) is 0 Å². The van der Waals surface area contributed by atoms with Gasteiger partial charge in [0.15, 0.2) is 0 Å². The highest BCUT2D eigenvalue weighted by Crippen LogP contribution is 2.21. The van der Waals surface area contributed by atoms with Gasteiger partial charge in [-0.15, -0.1) is 0 Å². The van der Waals surface area contributed by atoms with E-state index in [-0.39, 0.29) is 5.91 Å². The minimum Gasteiger partial charge on any atom is -0.342 e. The second kappa shape index (κ2) is 8.71. The molecule has 0 atom stereocenters. The van der Waals surface area contributed by atoms with Gasteiger partial charge in [-0.05, 0) is 42.9 Å². The van der Waals surface area contributed by atoms with Crippen molar-refractivity contribution in [2.24, 2.45) is 0 Å². The molecule has 0 bridgehead atoms. The van der Waals surface area contributed by atoms with Crippen LogP contribution in [-0.2, 0) is 14.8 Å². The number of hydrogen-bond donors (Lipinski definition) is 0. The molecular formula is C20H31N3O3S. The van der Waals surface area contributed by atoms with Crippen LogP contribution in [0.4, 0.5) is 0 Å². The molecule has 0 aliphatic carbocycles. The normalized spacial score (nSPS) is 20.2. The monoisotopic (exact) mass is 393 g/mol. The van der Waals surface area contributed by atoms with E-state index in [1.165, 1.54) is 6.42 Å². The molecule has 1 amide bonds. The van der Waals surface area contributed by atoms with Crippen molar-refractivity contribution in [2.75, 3.05) is 45.8 Å². The molecule has 0 saturated carbocycles. The Kier molecular flexibility index (Phi) is 6.55. The van der Waals surface area contributed by atoms with Gasteiger partial charge in [0.1, 0.15) is 0 Å². The summed E-state index contributed by atoms with van der Waals surface area (Å²) in [6.07, 6.45) is 3.39. The van der Waals surface area contributed by atoms with Gasteiger partial charge in [0.2, 0.25) is 15.9 Å². The first-order chi connectivity index (χ1) is 12.9. The van der Waals surface area contributed by atoms with E-state index in [9.17, 15) is 13.2 Å². The van der Waals surface area contributed by atoms with Gasteiger partial charge in [0.05, 0.1) is 11.4 Å². The van der Waals surface area contributed by atoms with Crippen molar-refractivity contribution in [3.63, 3.8) is 0 Å². The summed E-state index contributed by atoms with van der Waals surface area (Å²) in [6, 6.07) is 7.20. The van der Waals surface area contributed by atoms with Crippen molar-refractivity contribution < 1.29 is 13.2 Å². The van der Waals surface area contributed by atoms with Gasteiger partial charge in [-0.3, -0.25) is 9.69 Å². The molecule has 150 valence electrons. The predicted molar refractivity (Wildman–Crippen MR) is 106 cm³/mol. The summed E-state index contributed by atoms with van der Waals surface area (Å²) >= 11 is 0. The minimum absolute atomic E-state index is 0.176. The molecule has 2 aliphatic rings. The van der Waals surface area contributed by atoms with Crippen molar-refractivity contribution in [2.45, 2.75) is 43.9 Å². The molecular weight excluding hydrogens is 362 g/mol. The number of nitrogens with zero attached hydrogens (tertiary/aromatic N) is 3. The number of piperidine rings is 1. The summed E-state index contributed by atoms with van der Waals surface area (Å²) in [5.41, 5.74) is 1.13.